The molecular weight excluding hydrogens is 546 g/mol. The number of nitrogens with zero attached hydrogens (tertiary/aromatic N) is 2. The van der Waals surface area contributed by atoms with Crippen molar-refractivity contribution in [2.75, 3.05) is 17.1 Å². The van der Waals surface area contributed by atoms with Gasteiger partial charge in [-0.3, -0.25) is 13.9 Å². The predicted octanol–water partition coefficient (Wildman–Crippen LogP) is 5.71. The van der Waals surface area contributed by atoms with Crippen LogP contribution >= 0.6 is 0 Å². The molecule has 3 rings (SSSR count). The molecule has 0 heterocycles. The third-order valence-corrected chi connectivity index (χ3v) is 8.84. The maximum absolute atomic E-state index is 14.0. The zero-order valence-corrected chi connectivity index (χ0v) is 26.6. The molecule has 0 saturated heterocycles. The van der Waals surface area contributed by atoms with E-state index < -0.39 is 16.1 Å². The maximum atomic E-state index is 14.0. The number of nitrogens with one attached hydrogen (secondary N) is 1. The fourth-order valence-electron chi connectivity index (χ4n) is 4.94. The SMILES string of the molecule is CC[C@H](C)NC(=O)[C@H](Cc1ccccc1)N(Cc1ccccc1C)C(=O)CCCN(c1cc(C)ccc1C)S(C)(=O)=O. The number of hydrogen-bond donors (Lipinski definition) is 1. The Morgan fingerprint density at radius 2 is 1.57 bits per heavy atom. The molecule has 226 valence electrons. The second kappa shape index (κ2) is 15.0. The number of sulfonamides is 1. The third-order valence-electron chi connectivity index (χ3n) is 7.66. The topological polar surface area (TPSA) is 86.8 Å². The average Bonchev–Trinajstić information content (AvgIpc) is 2.95. The van der Waals surface area contributed by atoms with E-state index in [0.717, 1.165) is 34.2 Å². The summed E-state index contributed by atoms with van der Waals surface area (Å²) < 4.78 is 27.0. The van der Waals surface area contributed by atoms with E-state index in [1.807, 2.05) is 107 Å². The lowest BCUT2D eigenvalue weighted by molar-refractivity contribution is -0.141. The smallest absolute Gasteiger partial charge is 0.243 e. The van der Waals surface area contributed by atoms with Crippen molar-refractivity contribution in [2.45, 2.75) is 78.9 Å². The fraction of sp³-hybridized carbons (Fsp3) is 0.412. The van der Waals surface area contributed by atoms with Crippen molar-refractivity contribution >= 4 is 27.5 Å². The van der Waals surface area contributed by atoms with E-state index in [-0.39, 0.29) is 37.4 Å². The van der Waals surface area contributed by atoms with Gasteiger partial charge in [-0.2, -0.15) is 0 Å². The maximum Gasteiger partial charge on any atom is 0.243 e. The number of amides is 2. The van der Waals surface area contributed by atoms with Crippen LogP contribution in [0.1, 0.15) is 60.9 Å². The Morgan fingerprint density at radius 1 is 0.905 bits per heavy atom. The lowest BCUT2D eigenvalue weighted by Gasteiger charge is -2.33. The van der Waals surface area contributed by atoms with E-state index in [2.05, 4.69) is 5.32 Å². The van der Waals surface area contributed by atoms with Crippen molar-refractivity contribution < 1.29 is 18.0 Å². The Labute approximate surface area is 252 Å². The number of carbonyl (C=O) groups excluding carboxylic acids is 2. The second-order valence-electron chi connectivity index (χ2n) is 11.2. The van der Waals surface area contributed by atoms with Crippen LogP contribution in [0.5, 0.6) is 0 Å². The summed E-state index contributed by atoms with van der Waals surface area (Å²) in [4.78, 5) is 29.4. The van der Waals surface area contributed by atoms with Crippen LogP contribution in [0.2, 0.25) is 0 Å². The first-order valence-corrected chi connectivity index (χ1v) is 16.5. The quantitative estimate of drug-likeness (QED) is 0.260. The van der Waals surface area contributed by atoms with E-state index in [4.69, 9.17) is 0 Å². The second-order valence-corrected chi connectivity index (χ2v) is 13.1. The van der Waals surface area contributed by atoms with Crippen LogP contribution in [0.15, 0.2) is 72.8 Å². The van der Waals surface area contributed by atoms with E-state index in [0.29, 0.717) is 18.5 Å². The highest BCUT2D eigenvalue weighted by Crippen LogP contribution is 2.25. The summed E-state index contributed by atoms with van der Waals surface area (Å²) in [6.45, 7) is 10.2. The number of anilines is 1. The van der Waals surface area contributed by atoms with Gasteiger partial charge in [0.2, 0.25) is 21.8 Å². The van der Waals surface area contributed by atoms with Gasteiger partial charge in [0.15, 0.2) is 0 Å². The Bertz CT molecular complexity index is 1460. The molecule has 3 aromatic carbocycles. The van der Waals surface area contributed by atoms with Gasteiger partial charge in [-0.15, -0.1) is 0 Å². The highest BCUT2D eigenvalue weighted by Gasteiger charge is 2.31. The lowest BCUT2D eigenvalue weighted by atomic mass is 10.0. The summed E-state index contributed by atoms with van der Waals surface area (Å²) in [7, 11) is -3.57. The molecular formula is C34H45N3O4S. The molecule has 0 spiro atoms. The summed E-state index contributed by atoms with van der Waals surface area (Å²) >= 11 is 0. The van der Waals surface area contributed by atoms with Gasteiger partial charge >= 0.3 is 0 Å². The molecule has 0 aliphatic rings. The third kappa shape index (κ3) is 9.18. The molecule has 2 amide bonds. The van der Waals surface area contributed by atoms with Crippen molar-refractivity contribution in [3.05, 3.63) is 101 Å². The minimum atomic E-state index is -3.57. The first-order chi connectivity index (χ1) is 19.9. The van der Waals surface area contributed by atoms with Crippen LogP contribution in [0.4, 0.5) is 5.69 Å². The number of carbonyl (C=O) groups is 2. The summed E-state index contributed by atoms with van der Waals surface area (Å²) in [5.41, 5.74) is 5.39. The molecule has 0 aliphatic heterocycles. The Hall–Kier alpha value is -3.65. The van der Waals surface area contributed by atoms with Gasteiger partial charge in [0, 0.05) is 32.0 Å². The van der Waals surface area contributed by atoms with Crippen molar-refractivity contribution in [3.63, 3.8) is 0 Å². The van der Waals surface area contributed by atoms with Crippen molar-refractivity contribution in [1.29, 1.82) is 0 Å². The molecule has 0 bridgehead atoms. The summed E-state index contributed by atoms with van der Waals surface area (Å²) in [5.74, 6) is -0.379. The fourth-order valence-corrected chi connectivity index (χ4v) is 5.95. The molecule has 0 radical (unpaired) electrons. The molecule has 0 aromatic heterocycles. The zero-order chi connectivity index (χ0) is 30.9. The van der Waals surface area contributed by atoms with Gasteiger partial charge in [-0.05, 0) is 74.4 Å². The van der Waals surface area contributed by atoms with E-state index in [9.17, 15) is 18.0 Å². The largest absolute Gasteiger partial charge is 0.352 e. The van der Waals surface area contributed by atoms with Gasteiger partial charge in [-0.25, -0.2) is 8.42 Å². The molecule has 3 aromatic rings. The first kappa shape index (κ1) is 32.9. The van der Waals surface area contributed by atoms with Crippen LogP contribution in [-0.2, 0) is 32.6 Å². The normalized spacial score (nSPS) is 12.8. The number of aryl methyl sites for hydroxylation is 3. The average molecular weight is 592 g/mol. The molecule has 8 heteroatoms. The van der Waals surface area contributed by atoms with Crippen LogP contribution < -0.4 is 9.62 Å². The van der Waals surface area contributed by atoms with Crippen LogP contribution in [-0.4, -0.2) is 50.0 Å². The number of benzene rings is 3. The zero-order valence-electron chi connectivity index (χ0n) is 25.8. The standard InChI is InChI=1S/C34H45N3O4S/c1-7-28(5)35-34(39)32(23-29-15-9-8-10-16-29)36(24-30-17-12-11-14-26(30)3)33(38)18-13-21-37(42(6,40)41)31-22-25(2)19-20-27(31)4/h8-12,14-17,19-20,22,28,32H,7,13,18,21,23-24H2,1-6H3,(H,35,39)/t28-,32-/m0/s1. The van der Waals surface area contributed by atoms with Crippen molar-refractivity contribution in [2.24, 2.45) is 0 Å². The highest BCUT2D eigenvalue weighted by molar-refractivity contribution is 7.92. The predicted molar refractivity (Wildman–Crippen MR) is 171 cm³/mol. The molecule has 0 saturated carbocycles. The Kier molecular flexibility index (Phi) is 11.7. The molecule has 0 fully saturated rings. The van der Waals surface area contributed by atoms with Crippen molar-refractivity contribution in [1.82, 2.24) is 10.2 Å². The van der Waals surface area contributed by atoms with Gasteiger partial charge in [0.25, 0.3) is 0 Å². The van der Waals surface area contributed by atoms with Gasteiger partial charge < -0.3 is 10.2 Å². The van der Waals surface area contributed by atoms with E-state index in [1.54, 1.807) is 4.90 Å². The number of hydrogen-bond acceptors (Lipinski definition) is 4. The summed E-state index contributed by atoms with van der Waals surface area (Å²) in [6.07, 6.45) is 2.75. The lowest BCUT2D eigenvalue weighted by Crippen LogP contribution is -2.52. The van der Waals surface area contributed by atoms with Gasteiger partial charge in [0.1, 0.15) is 6.04 Å². The molecule has 1 N–H and O–H groups in total. The summed E-state index contributed by atoms with van der Waals surface area (Å²) in [5, 5.41) is 3.09. The van der Waals surface area contributed by atoms with E-state index >= 15 is 0 Å². The molecule has 0 aliphatic carbocycles. The van der Waals surface area contributed by atoms with E-state index in [1.165, 1.54) is 10.6 Å². The minimum absolute atomic E-state index is 0.0351. The monoisotopic (exact) mass is 591 g/mol. The van der Waals surface area contributed by atoms with Gasteiger partial charge in [0.05, 0.1) is 11.9 Å². The van der Waals surface area contributed by atoms with Crippen LogP contribution in [0.25, 0.3) is 0 Å². The first-order valence-electron chi connectivity index (χ1n) is 14.6. The highest BCUT2D eigenvalue weighted by atomic mass is 32.2. The van der Waals surface area contributed by atoms with Gasteiger partial charge in [-0.1, -0.05) is 73.7 Å². The van der Waals surface area contributed by atoms with Crippen LogP contribution in [0.3, 0.4) is 0 Å². The molecule has 7 nitrogen and oxygen atoms in total. The van der Waals surface area contributed by atoms with Crippen LogP contribution in [0, 0.1) is 20.8 Å². The number of rotatable bonds is 14. The molecule has 2 atom stereocenters. The van der Waals surface area contributed by atoms with Crippen molar-refractivity contribution in [3.8, 4) is 0 Å². The Morgan fingerprint density at radius 3 is 2.21 bits per heavy atom. The molecule has 0 unspecified atom stereocenters. The minimum Gasteiger partial charge on any atom is -0.352 e. The summed E-state index contributed by atoms with van der Waals surface area (Å²) in [6, 6.07) is 22.5. The molecule has 42 heavy (non-hydrogen) atoms. The Balaban J connectivity index is 1.92.